The molecule has 2 heterocycles. The van der Waals surface area contributed by atoms with Gasteiger partial charge in [0.1, 0.15) is 5.00 Å². The number of anilines is 1. The number of rotatable bonds is 6. The van der Waals surface area contributed by atoms with E-state index in [1.807, 2.05) is 0 Å². The maximum absolute atomic E-state index is 12.4. The predicted molar refractivity (Wildman–Crippen MR) is 101 cm³/mol. The molecule has 25 heavy (non-hydrogen) atoms. The maximum Gasteiger partial charge on any atom is 0.251 e. The van der Waals surface area contributed by atoms with Gasteiger partial charge in [-0.15, -0.1) is 11.3 Å². The van der Waals surface area contributed by atoms with Crippen molar-refractivity contribution >= 4 is 28.2 Å². The van der Waals surface area contributed by atoms with Crippen molar-refractivity contribution in [1.82, 2.24) is 10.2 Å². The van der Waals surface area contributed by atoms with E-state index < -0.39 is 5.91 Å². The van der Waals surface area contributed by atoms with Crippen molar-refractivity contribution in [2.45, 2.75) is 58.0 Å². The van der Waals surface area contributed by atoms with Crippen molar-refractivity contribution < 1.29 is 9.59 Å². The number of aryl methyl sites for hydroxylation is 1. The third-order valence-electron chi connectivity index (χ3n) is 4.94. The number of hydrogen-bond acceptors (Lipinski definition) is 5. The van der Waals surface area contributed by atoms with Gasteiger partial charge < -0.3 is 16.4 Å². The second-order valence-corrected chi connectivity index (χ2v) is 8.45. The second kappa shape index (κ2) is 7.85. The van der Waals surface area contributed by atoms with Gasteiger partial charge >= 0.3 is 0 Å². The lowest BCUT2D eigenvalue weighted by atomic mass is 10.0. The van der Waals surface area contributed by atoms with Crippen LogP contribution in [0.25, 0.3) is 0 Å². The number of fused-ring (bicyclic) bond motifs is 1. The van der Waals surface area contributed by atoms with E-state index >= 15 is 0 Å². The number of carbonyl (C=O) groups excluding carboxylic acids is 2. The second-order valence-electron chi connectivity index (χ2n) is 7.35. The Kier molecular flexibility index (Phi) is 5.76. The summed E-state index contributed by atoms with van der Waals surface area (Å²) < 4.78 is 0. The lowest BCUT2D eigenvalue weighted by Gasteiger charge is -2.32. The zero-order chi connectivity index (χ0) is 18.0. The van der Waals surface area contributed by atoms with Gasteiger partial charge in [0, 0.05) is 30.1 Å². The highest BCUT2D eigenvalue weighted by Crippen LogP contribution is 2.38. The van der Waals surface area contributed by atoms with Gasteiger partial charge in [0.25, 0.3) is 5.91 Å². The molecule has 1 aromatic rings. The van der Waals surface area contributed by atoms with Gasteiger partial charge in [-0.2, -0.15) is 0 Å². The zero-order valence-corrected chi connectivity index (χ0v) is 15.9. The smallest absolute Gasteiger partial charge is 0.251 e. The lowest BCUT2D eigenvalue weighted by Crippen LogP contribution is -2.46. The summed E-state index contributed by atoms with van der Waals surface area (Å²) in [4.78, 5) is 27.6. The predicted octanol–water partition coefficient (Wildman–Crippen LogP) is 1.74. The number of likely N-dealkylation sites (tertiary alicyclic amines) is 1. The van der Waals surface area contributed by atoms with E-state index in [-0.39, 0.29) is 5.91 Å². The Balaban J connectivity index is 1.55. The minimum absolute atomic E-state index is 0.0577. The molecule has 3 rings (SSSR count). The molecule has 0 saturated carbocycles. The van der Waals surface area contributed by atoms with Crippen LogP contribution in [-0.2, 0) is 17.6 Å². The highest BCUT2D eigenvalue weighted by Gasteiger charge is 2.27. The van der Waals surface area contributed by atoms with Crippen LogP contribution in [0.4, 0.5) is 5.00 Å². The van der Waals surface area contributed by atoms with Crippen molar-refractivity contribution in [3.05, 3.63) is 16.0 Å². The first kappa shape index (κ1) is 18.4. The van der Waals surface area contributed by atoms with Crippen LogP contribution in [0.5, 0.6) is 0 Å². The Labute approximate surface area is 153 Å². The maximum atomic E-state index is 12.4. The number of carbonyl (C=O) groups is 2. The molecule has 0 unspecified atom stereocenters. The fourth-order valence-electron chi connectivity index (χ4n) is 3.85. The lowest BCUT2D eigenvalue weighted by molar-refractivity contribution is -0.117. The van der Waals surface area contributed by atoms with Crippen LogP contribution < -0.4 is 16.4 Å². The van der Waals surface area contributed by atoms with E-state index in [0.717, 1.165) is 50.8 Å². The van der Waals surface area contributed by atoms with E-state index in [2.05, 4.69) is 29.4 Å². The molecular weight excluding hydrogens is 336 g/mol. The molecule has 1 saturated heterocycles. The Morgan fingerprint density at radius 2 is 2.00 bits per heavy atom. The Hall–Kier alpha value is -1.44. The molecule has 0 atom stereocenters. The largest absolute Gasteiger partial charge is 0.365 e. The van der Waals surface area contributed by atoms with Crippen molar-refractivity contribution in [3.63, 3.8) is 0 Å². The number of nitrogens with one attached hydrogen (secondary N) is 2. The van der Waals surface area contributed by atoms with Gasteiger partial charge in [0.2, 0.25) is 5.91 Å². The molecule has 1 aliphatic heterocycles. The molecule has 1 fully saturated rings. The van der Waals surface area contributed by atoms with Crippen LogP contribution in [0, 0.1) is 0 Å². The van der Waals surface area contributed by atoms with Crippen LogP contribution >= 0.6 is 11.3 Å². The van der Waals surface area contributed by atoms with Gasteiger partial charge in [0.05, 0.1) is 12.1 Å². The van der Waals surface area contributed by atoms with Crippen LogP contribution in [0.2, 0.25) is 0 Å². The fourth-order valence-corrected chi connectivity index (χ4v) is 5.16. The normalized spacial score (nSPS) is 18.5. The van der Waals surface area contributed by atoms with E-state index in [9.17, 15) is 9.59 Å². The quantitative estimate of drug-likeness (QED) is 0.717. The molecule has 0 spiro atoms. The summed E-state index contributed by atoms with van der Waals surface area (Å²) >= 11 is 1.51. The monoisotopic (exact) mass is 364 g/mol. The summed E-state index contributed by atoms with van der Waals surface area (Å²) in [6.45, 7) is 6.53. The van der Waals surface area contributed by atoms with Crippen molar-refractivity contribution in [1.29, 1.82) is 0 Å². The fraction of sp³-hybridized carbons (Fsp3) is 0.667. The molecule has 6 nitrogen and oxygen atoms in total. The Morgan fingerprint density at radius 1 is 1.28 bits per heavy atom. The first-order valence-electron chi connectivity index (χ1n) is 9.16. The summed E-state index contributed by atoms with van der Waals surface area (Å²) in [6, 6.07) is 1.04. The topological polar surface area (TPSA) is 87.5 Å². The summed E-state index contributed by atoms with van der Waals surface area (Å²) in [5, 5.41) is 7.13. The number of primary amides is 1. The number of amides is 2. The van der Waals surface area contributed by atoms with Gasteiger partial charge in [0.15, 0.2) is 0 Å². The number of thiophene rings is 1. The highest BCUT2D eigenvalue weighted by molar-refractivity contribution is 7.17. The Bertz CT molecular complexity index is 648. The van der Waals surface area contributed by atoms with Crippen molar-refractivity contribution in [2.24, 2.45) is 5.73 Å². The van der Waals surface area contributed by atoms with Crippen molar-refractivity contribution in [2.75, 3.05) is 25.0 Å². The average Bonchev–Trinajstić information content (AvgIpc) is 3.08. The third-order valence-corrected chi connectivity index (χ3v) is 6.15. The van der Waals surface area contributed by atoms with Gasteiger partial charge in [-0.25, -0.2) is 0 Å². The molecule has 1 aromatic heterocycles. The summed E-state index contributed by atoms with van der Waals surface area (Å²) in [5.41, 5.74) is 7.13. The summed E-state index contributed by atoms with van der Waals surface area (Å²) in [5.74, 6) is -0.493. The minimum Gasteiger partial charge on any atom is -0.365 e. The molecule has 0 bridgehead atoms. The van der Waals surface area contributed by atoms with Crippen LogP contribution in [0.15, 0.2) is 0 Å². The number of hydrogen-bond donors (Lipinski definition) is 3. The molecule has 4 N–H and O–H groups in total. The SMILES string of the molecule is CC(C)NC1CCN(CC(=O)Nc2sc3c(c2C(N)=O)CCC3)CC1. The molecule has 138 valence electrons. The molecule has 2 amide bonds. The van der Waals surface area contributed by atoms with Crippen LogP contribution in [0.1, 0.15) is 53.9 Å². The molecule has 2 aliphatic rings. The standard InChI is InChI=1S/C18H28N4O2S/c1-11(2)20-12-6-8-22(9-7-12)10-15(23)21-18-16(17(19)24)13-4-3-5-14(13)25-18/h11-12,20H,3-10H2,1-2H3,(H2,19,24)(H,21,23). The molecule has 0 aromatic carbocycles. The zero-order valence-electron chi connectivity index (χ0n) is 15.1. The van der Waals surface area contributed by atoms with E-state index in [0.29, 0.717) is 29.2 Å². The van der Waals surface area contributed by atoms with E-state index in [1.165, 1.54) is 16.2 Å². The van der Waals surface area contributed by atoms with Gasteiger partial charge in [-0.3, -0.25) is 14.5 Å². The minimum atomic E-state index is -0.435. The highest BCUT2D eigenvalue weighted by atomic mass is 32.1. The van der Waals surface area contributed by atoms with E-state index in [1.54, 1.807) is 0 Å². The van der Waals surface area contributed by atoms with Crippen LogP contribution in [0.3, 0.4) is 0 Å². The molecular formula is C18H28N4O2S. The number of nitrogens with two attached hydrogens (primary N) is 1. The van der Waals surface area contributed by atoms with Gasteiger partial charge in [-0.1, -0.05) is 13.8 Å². The molecule has 1 aliphatic carbocycles. The Morgan fingerprint density at radius 3 is 2.64 bits per heavy atom. The number of piperidine rings is 1. The van der Waals surface area contributed by atoms with Crippen molar-refractivity contribution in [3.8, 4) is 0 Å². The van der Waals surface area contributed by atoms with Gasteiger partial charge in [-0.05, 0) is 37.7 Å². The first-order valence-corrected chi connectivity index (χ1v) is 9.98. The molecule has 7 heteroatoms. The number of nitrogens with zero attached hydrogens (tertiary/aromatic N) is 1. The van der Waals surface area contributed by atoms with Crippen LogP contribution in [-0.4, -0.2) is 48.4 Å². The van der Waals surface area contributed by atoms with E-state index in [4.69, 9.17) is 5.73 Å². The summed E-state index contributed by atoms with van der Waals surface area (Å²) in [6.07, 6.45) is 5.05. The average molecular weight is 365 g/mol. The first-order chi connectivity index (χ1) is 11.9. The summed E-state index contributed by atoms with van der Waals surface area (Å²) in [7, 11) is 0. The molecule has 0 radical (unpaired) electrons. The third kappa shape index (κ3) is 4.40.